The maximum Gasteiger partial charge on any atom is 0.508 e. The van der Waals surface area contributed by atoms with Crippen LogP contribution in [-0.4, -0.2) is 64.1 Å². The van der Waals surface area contributed by atoms with Crippen molar-refractivity contribution in [2.75, 3.05) is 27.9 Å². The molecule has 10 heteroatoms. The maximum absolute atomic E-state index is 12.0. The van der Waals surface area contributed by atoms with Crippen LogP contribution in [-0.2, 0) is 33.2 Å². The lowest BCUT2D eigenvalue weighted by Crippen LogP contribution is -2.47. The molecule has 0 radical (unpaired) electrons. The molecule has 10 nitrogen and oxygen atoms in total. The van der Waals surface area contributed by atoms with E-state index in [9.17, 15) is 14.4 Å². The number of methoxy groups -OCH3 is 2. The zero-order chi connectivity index (χ0) is 18.2. The van der Waals surface area contributed by atoms with E-state index in [-0.39, 0.29) is 18.6 Å². The molecule has 0 aromatic heterocycles. The van der Waals surface area contributed by atoms with Gasteiger partial charge in [-0.25, -0.2) is 14.4 Å². The van der Waals surface area contributed by atoms with Crippen LogP contribution in [0.25, 0.3) is 0 Å². The highest BCUT2D eigenvalue weighted by Crippen LogP contribution is 2.61. The molecule has 0 bridgehead atoms. The number of nitrogens with one attached hydrogen (secondary N) is 1. The first-order valence-corrected chi connectivity index (χ1v) is 7.67. The second kappa shape index (κ2) is 6.43. The molecule has 1 saturated heterocycles. The summed E-state index contributed by atoms with van der Waals surface area (Å²) in [5.74, 6) is -1.37. The van der Waals surface area contributed by atoms with Crippen LogP contribution in [0, 0.1) is 11.8 Å². The highest BCUT2D eigenvalue weighted by atomic mass is 16.7. The minimum atomic E-state index is -0.993. The van der Waals surface area contributed by atoms with Crippen LogP contribution in [0.2, 0.25) is 0 Å². The molecule has 0 aromatic carbocycles. The first kappa shape index (κ1) is 17.3. The smallest absolute Gasteiger partial charge is 0.466 e. The van der Waals surface area contributed by atoms with Gasteiger partial charge in [0.05, 0.1) is 38.1 Å². The Balaban J connectivity index is 1.84. The summed E-state index contributed by atoms with van der Waals surface area (Å²) in [6.45, 7) is -0.100. The van der Waals surface area contributed by atoms with E-state index in [0.717, 1.165) is 0 Å². The van der Waals surface area contributed by atoms with Crippen LogP contribution >= 0.6 is 0 Å². The summed E-state index contributed by atoms with van der Waals surface area (Å²) in [5, 5.41) is 2.34. The average molecular weight is 357 g/mol. The molecule has 1 N–H and O–H groups in total. The Kier molecular flexibility index (Phi) is 4.46. The lowest BCUT2D eigenvalue weighted by atomic mass is 9.81. The number of ether oxygens (including phenoxy) is 6. The van der Waals surface area contributed by atoms with E-state index in [1.807, 2.05) is 0 Å². The maximum atomic E-state index is 12.0. The van der Waals surface area contributed by atoms with Crippen molar-refractivity contribution >= 4 is 18.2 Å². The Morgan fingerprint density at radius 3 is 2.72 bits per heavy atom. The van der Waals surface area contributed by atoms with Gasteiger partial charge in [-0.3, -0.25) is 0 Å². The molecule has 0 spiro atoms. The first-order valence-electron chi connectivity index (χ1n) is 7.67. The number of amides is 1. The van der Waals surface area contributed by atoms with Gasteiger partial charge in [-0.1, -0.05) is 0 Å². The van der Waals surface area contributed by atoms with Gasteiger partial charge in [0, 0.05) is 13.0 Å². The van der Waals surface area contributed by atoms with Crippen LogP contribution in [0.1, 0.15) is 6.42 Å². The summed E-state index contributed by atoms with van der Waals surface area (Å²) in [4.78, 5) is 34.9. The fourth-order valence-electron chi connectivity index (χ4n) is 3.58. The summed E-state index contributed by atoms with van der Waals surface area (Å²) in [6.07, 6.45) is -1.04. The Morgan fingerprint density at radius 2 is 2.08 bits per heavy atom. The lowest BCUT2D eigenvalue weighted by molar-refractivity contribution is -0.154. The van der Waals surface area contributed by atoms with Gasteiger partial charge in [-0.2, -0.15) is 0 Å². The standard InChI is InChI=1S/C15H19NO9/c1-16-13(18)24-12-10-7(8(5-22-12)11(17)20-2)4-9-15(10,25-9)6-23-14(19)21-3/h5,7,9-10,12H,4,6H2,1-3H3,(H,16,18)/t7?,9?,10?,12?,15-/m0/s1. The summed E-state index contributed by atoms with van der Waals surface area (Å²) in [7, 11) is 3.88. The molecule has 25 heavy (non-hydrogen) atoms. The van der Waals surface area contributed by atoms with Gasteiger partial charge in [0.25, 0.3) is 6.29 Å². The predicted molar refractivity (Wildman–Crippen MR) is 78.1 cm³/mol. The third-order valence-electron chi connectivity index (χ3n) is 4.77. The molecule has 3 rings (SSSR count). The number of carbonyl (C=O) groups is 3. The molecule has 2 fully saturated rings. The molecule has 138 valence electrons. The minimum Gasteiger partial charge on any atom is -0.466 e. The van der Waals surface area contributed by atoms with Gasteiger partial charge < -0.3 is 33.7 Å². The highest BCUT2D eigenvalue weighted by Gasteiger charge is 2.74. The molecule has 5 atom stereocenters. The number of fused-ring (bicyclic) bond motifs is 3. The fraction of sp³-hybridized carbons (Fsp3) is 0.667. The van der Waals surface area contributed by atoms with E-state index < -0.39 is 36.0 Å². The van der Waals surface area contributed by atoms with Crippen molar-refractivity contribution in [1.29, 1.82) is 0 Å². The van der Waals surface area contributed by atoms with Crippen LogP contribution in [0.15, 0.2) is 11.8 Å². The molecule has 1 aliphatic carbocycles. The Bertz CT molecular complexity index is 618. The fourth-order valence-corrected chi connectivity index (χ4v) is 3.58. The van der Waals surface area contributed by atoms with Gasteiger partial charge in [-0.05, 0) is 6.42 Å². The summed E-state index contributed by atoms with van der Waals surface area (Å²) >= 11 is 0. The quantitative estimate of drug-likeness (QED) is 0.430. The van der Waals surface area contributed by atoms with E-state index in [4.69, 9.17) is 23.7 Å². The molecule has 1 amide bonds. The van der Waals surface area contributed by atoms with Crippen LogP contribution in [0.4, 0.5) is 9.59 Å². The van der Waals surface area contributed by atoms with Crippen molar-refractivity contribution in [3.05, 3.63) is 11.8 Å². The van der Waals surface area contributed by atoms with Crippen molar-refractivity contribution in [2.45, 2.75) is 24.4 Å². The molecule has 3 aliphatic rings. The Labute approximate surface area is 143 Å². The van der Waals surface area contributed by atoms with E-state index >= 15 is 0 Å². The number of hydrogen-bond donors (Lipinski definition) is 1. The lowest BCUT2D eigenvalue weighted by Gasteiger charge is -2.36. The molecule has 4 unspecified atom stereocenters. The number of esters is 1. The van der Waals surface area contributed by atoms with Crippen LogP contribution < -0.4 is 5.32 Å². The number of rotatable bonds is 4. The highest BCUT2D eigenvalue weighted by molar-refractivity contribution is 5.89. The van der Waals surface area contributed by atoms with Crippen molar-refractivity contribution in [1.82, 2.24) is 5.32 Å². The summed E-state index contributed by atoms with van der Waals surface area (Å²) in [5.41, 5.74) is -0.567. The zero-order valence-corrected chi connectivity index (χ0v) is 14.0. The van der Waals surface area contributed by atoms with Crippen molar-refractivity contribution in [3.63, 3.8) is 0 Å². The van der Waals surface area contributed by atoms with Gasteiger partial charge in [-0.15, -0.1) is 0 Å². The largest absolute Gasteiger partial charge is 0.508 e. The second-order valence-corrected chi connectivity index (χ2v) is 5.90. The molecule has 0 aromatic rings. The molecule has 1 saturated carbocycles. The SMILES string of the molecule is CNC(=O)OC1OC=C(C(=O)OC)C2CC3O[C@]3(COC(=O)OC)C12. The van der Waals surface area contributed by atoms with E-state index in [0.29, 0.717) is 12.0 Å². The topological polar surface area (TPSA) is 122 Å². The van der Waals surface area contributed by atoms with E-state index in [2.05, 4.69) is 10.1 Å². The predicted octanol–water partition coefficient (Wildman–Crippen LogP) is 0.312. The number of hydrogen-bond acceptors (Lipinski definition) is 9. The van der Waals surface area contributed by atoms with Crippen LogP contribution in [0.5, 0.6) is 0 Å². The van der Waals surface area contributed by atoms with Gasteiger partial charge in [0.1, 0.15) is 12.2 Å². The molecular formula is C15H19NO9. The minimum absolute atomic E-state index is 0.100. The van der Waals surface area contributed by atoms with E-state index in [1.165, 1.54) is 27.5 Å². The number of carbonyl (C=O) groups excluding carboxylic acids is 3. The third kappa shape index (κ3) is 2.86. The summed E-state index contributed by atoms with van der Waals surface area (Å²) in [6, 6.07) is 0. The third-order valence-corrected chi connectivity index (χ3v) is 4.77. The van der Waals surface area contributed by atoms with Gasteiger partial charge in [0.2, 0.25) is 0 Å². The summed E-state index contributed by atoms with van der Waals surface area (Å²) < 4.78 is 30.7. The number of alkyl carbamates (subject to hydrolysis) is 1. The normalized spacial score (nSPS) is 34.4. The molecule has 2 heterocycles. The average Bonchev–Trinajstić information content (AvgIpc) is 3.23. The number of epoxide rings is 1. The van der Waals surface area contributed by atoms with Crippen molar-refractivity contribution in [2.24, 2.45) is 11.8 Å². The Morgan fingerprint density at radius 1 is 1.32 bits per heavy atom. The first-order chi connectivity index (χ1) is 12.0. The van der Waals surface area contributed by atoms with Gasteiger partial charge >= 0.3 is 18.2 Å². The van der Waals surface area contributed by atoms with Crippen molar-refractivity contribution < 1.29 is 42.8 Å². The molecular weight excluding hydrogens is 338 g/mol. The monoisotopic (exact) mass is 357 g/mol. The zero-order valence-electron chi connectivity index (χ0n) is 14.0. The van der Waals surface area contributed by atoms with Crippen molar-refractivity contribution in [3.8, 4) is 0 Å². The Hall–Kier alpha value is -2.49. The second-order valence-electron chi connectivity index (χ2n) is 5.90. The molecule has 2 aliphatic heterocycles. The van der Waals surface area contributed by atoms with Crippen LogP contribution in [0.3, 0.4) is 0 Å². The van der Waals surface area contributed by atoms with Gasteiger partial charge in [0.15, 0.2) is 0 Å². The van der Waals surface area contributed by atoms with E-state index in [1.54, 1.807) is 0 Å².